The molecule has 2 N–H and O–H groups in total. The lowest BCUT2D eigenvalue weighted by molar-refractivity contribution is 0.0962. The van der Waals surface area contributed by atoms with Gasteiger partial charge >= 0.3 is 0 Å². The number of fused-ring (bicyclic) bond motifs is 1. The number of hydrogen-bond donors (Lipinski definition) is 2. The molecule has 2 heterocycles. The summed E-state index contributed by atoms with van der Waals surface area (Å²) in [5, 5.41) is 1.15. The summed E-state index contributed by atoms with van der Waals surface area (Å²) in [5.74, 6) is -0.385. The Morgan fingerprint density at radius 1 is 1.07 bits per heavy atom. The number of thiazole rings is 1. The Morgan fingerprint density at radius 3 is 2.52 bits per heavy atom. The summed E-state index contributed by atoms with van der Waals surface area (Å²) in [7, 11) is -3.51. The van der Waals surface area contributed by atoms with Gasteiger partial charge in [-0.05, 0) is 55.3 Å². The number of anilines is 1. The van der Waals surface area contributed by atoms with E-state index in [2.05, 4.69) is 15.8 Å². The Hall–Kier alpha value is -2.20. The lowest BCUT2D eigenvalue weighted by atomic mass is 10.2. The Labute approximate surface area is 177 Å². The summed E-state index contributed by atoms with van der Waals surface area (Å²) in [6.07, 6.45) is 2.81. The van der Waals surface area contributed by atoms with Crippen molar-refractivity contribution in [3.05, 3.63) is 53.1 Å². The van der Waals surface area contributed by atoms with E-state index in [0.717, 1.165) is 29.5 Å². The van der Waals surface area contributed by atoms with Gasteiger partial charge in [0.1, 0.15) is 0 Å². The zero-order valence-electron chi connectivity index (χ0n) is 15.4. The molecule has 4 rings (SSSR count). The van der Waals surface area contributed by atoms with Crippen molar-refractivity contribution in [1.82, 2.24) is 14.7 Å². The van der Waals surface area contributed by atoms with Gasteiger partial charge in [-0.1, -0.05) is 29.4 Å². The van der Waals surface area contributed by atoms with E-state index < -0.39 is 10.0 Å². The number of rotatable bonds is 5. The van der Waals surface area contributed by atoms with Crippen LogP contribution in [0.1, 0.15) is 29.6 Å². The summed E-state index contributed by atoms with van der Waals surface area (Å²) < 4.78 is 27.8. The maximum Gasteiger partial charge on any atom is 0.269 e. The zero-order chi connectivity index (χ0) is 20.4. The normalized spacial score (nSPS) is 15.3. The van der Waals surface area contributed by atoms with Gasteiger partial charge in [0, 0.05) is 23.7 Å². The van der Waals surface area contributed by atoms with E-state index in [-0.39, 0.29) is 10.8 Å². The average Bonchev–Trinajstić information content (AvgIpc) is 3.14. The third kappa shape index (κ3) is 4.37. The standard InChI is InChI=1S/C19H19ClN4O3S2/c20-14-6-9-16-17(12-14)28-19(21-16)23-22-18(25)13-4-7-15(8-5-13)29(26,27)24-10-2-1-3-11-24/h4-9,12H,1-3,10-11H2,(H,21,23)(H,22,25). The molecule has 10 heteroatoms. The van der Waals surface area contributed by atoms with E-state index in [9.17, 15) is 13.2 Å². The van der Waals surface area contributed by atoms with E-state index in [1.54, 1.807) is 6.07 Å². The summed E-state index contributed by atoms with van der Waals surface area (Å²) in [5.41, 5.74) is 6.49. The molecule has 0 atom stereocenters. The second kappa shape index (κ2) is 8.27. The van der Waals surface area contributed by atoms with Gasteiger partial charge in [0.25, 0.3) is 5.91 Å². The fourth-order valence-electron chi connectivity index (χ4n) is 3.17. The molecule has 1 aliphatic heterocycles. The van der Waals surface area contributed by atoms with Crippen LogP contribution in [-0.2, 0) is 10.0 Å². The van der Waals surface area contributed by atoms with Gasteiger partial charge in [0.05, 0.1) is 15.1 Å². The van der Waals surface area contributed by atoms with Crippen LogP contribution in [0.3, 0.4) is 0 Å². The molecular weight excluding hydrogens is 432 g/mol. The summed E-state index contributed by atoms with van der Waals surface area (Å²) in [4.78, 5) is 16.9. The van der Waals surface area contributed by atoms with Crippen LogP contribution < -0.4 is 10.9 Å². The SMILES string of the molecule is O=C(NNc1nc2ccc(Cl)cc2s1)c1ccc(S(=O)(=O)N2CCCCC2)cc1. The lowest BCUT2D eigenvalue weighted by Gasteiger charge is -2.25. The number of piperidine rings is 1. The summed E-state index contributed by atoms with van der Waals surface area (Å²) in [6, 6.07) is 11.3. The second-order valence-electron chi connectivity index (χ2n) is 6.70. The first kappa shape index (κ1) is 20.1. The van der Waals surface area contributed by atoms with Gasteiger partial charge in [-0.2, -0.15) is 4.31 Å². The Balaban J connectivity index is 1.42. The molecule has 0 saturated carbocycles. The highest BCUT2D eigenvalue weighted by Crippen LogP contribution is 2.28. The van der Waals surface area contributed by atoms with E-state index >= 15 is 0 Å². The second-order valence-corrected chi connectivity index (χ2v) is 10.1. The van der Waals surface area contributed by atoms with Gasteiger partial charge in [0.2, 0.25) is 15.2 Å². The zero-order valence-corrected chi connectivity index (χ0v) is 17.8. The quantitative estimate of drug-likeness (QED) is 0.575. The molecular formula is C19H19ClN4O3S2. The first-order valence-corrected chi connectivity index (χ1v) is 11.8. The van der Waals surface area contributed by atoms with Crippen LogP contribution in [0.2, 0.25) is 5.02 Å². The first-order valence-electron chi connectivity index (χ1n) is 9.16. The Kier molecular flexibility index (Phi) is 5.73. The number of sulfonamides is 1. The molecule has 0 unspecified atom stereocenters. The van der Waals surface area contributed by atoms with Crippen molar-refractivity contribution in [2.45, 2.75) is 24.2 Å². The average molecular weight is 451 g/mol. The number of benzene rings is 2. The van der Waals surface area contributed by atoms with Crippen molar-refractivity contribution < 1.29 is 13.2 Å². The van der Waals surface area contributed by atoms with Crippen LogP contribution >= 0.6 is 22.9 Å². The molecule has 0 radical (unpaired) electrons. The third-order valence-electron chi connectivity index (χ3n) is 4.70. The number of aromatic nitrogens is 1. The minimum absolute atomic E-state index is 0.201. The molecule has 152 valence electrons. The minimum Gasteiger partial charge on any atom is -0.273 e. The fraction of sp³-hybridized carbons (Fsp3) is 0.263. The lowest BCUT2D eigenvalue weighted by Crippen LogP contribution is -2.35. The monoisotopic (exact) mass is 450 g/mol. The molecule has 7 nitrogen and oxygen atoms in total. The van der Waals surface area contributed by atoms with Crippen LogP contribution in [0, 0.1) is 0 Å². The van der Waals surface area contributed by atoms with Crippen LogP contribution in [0.15, 0.2) is 47.4 Å². The van der Waals surface area contributed by atoms with Crippen LogP contribution in [0.4, 0.5) is 5.13 Å². The Morgan fingerprint density at radius 2 is 1.79 bits per heavy atom. The highest BCUT2D eigenvalue weighted by Gasteiger charge is 2.25. The summed E-state index contributed by atoms with van der Waals surface area (Å²) in [6.45, 7) is 1.09. The number of halogens is 1. The number of nitrogens with zero attached hydrogens (tertiary/aromatic N) is 2. The maximum atomic E-state index is 12.7. The van der Waals surface area contributed by atoms with E-state index in [0.29, 0.717) is 28.8 Å². The van der Waals surface area contributed by atoms with Gasteiger partial charge in [-0.15, -0.1) is 0 Å². The van der Waals surface area contributed by atoms with Crippen molar-refractivity contribution in [2.75, 3.05) is 18.5 Å². The first-order chi connectivity index (χ1) is 13.9. The predicted octanol–water partition coefficient (Wildman–Crippen LogP) is 3.88. The van der Waals surface area contributed by atoms with E-state index in [1.165, 1.54) is 39.9 Å². The molecule has 3 aromatic rings. The van der Waals surface area contributed by atoms with Crippen LogP contribution in [0.5, 0.6) is 0 Å². The fourth-order valence-corrected chi connectivity index (χ4v) is 5.78. The van der Waals surface area contributed by atoms with Gasteiger partial charge in [0.15, 0.2) is 0 Å². The minimum atomic E-state index is -3.51. The van der Waals surface area contributed by atoms with E-state index in [1.807, 2.05) is 12.1 Å². The topological polar surface area (TPSA) is 91.4 Å². The third-order valence-corrected chi connectivity index (χ3v) is 7.78. The number of amides is 1. The van der Waals surface area contributed by atoms with Crippen molar-refractivity contribution in [3.8, 4) is 0 Å². The summed E-state index contributed by atoms with van der Waals surface area (Å²) >= 11 is 7.34. The smallest absolute Gasteiger partial charge is 0.269 e. The van der Waals surface area contributed by atoms with Crippen LogP contribution in [-0.4, -0.2) is 36.7 Å². The van der Waals surface area contributed by atoms with Crippen molar-refractivity contribution in [1.29, 1.82) is 0 Å². The van der Waals surface area contributed by atoms with Crippen molar-refractivity contribution >= 4 is 54.2 Å². The number of hydrazine groups is 1. The highest BCUT2D eigenvalue weighted by atomic mass is 35.5. The predicted molar refractivity (Wildman–Crippen MR) is 115 cm³/mol. The molecule has 0 bridgehead atoms. The molecule has 0 aliphatic carbocycles. The largest absolute Gasteiger partial charge is 0.273 e. The van der Waals surface area contributed by atoms with Gasteiger partial charge < -0.3 is 0 Å². The maximum absolute atomic E-state index is 12.7. The van der Waals surface area contributed by atoms with Crippen molar-refractivity contribution in [2.24, 2.45) is 0 Å². The Bertz CT molecular complexity index is 1140. The molecule has 29 heavy (non-hydrogen) atoms. The molecule has 0 spiro atoms. The molecule has 1 aliphatic rings. The van der Waals surface area contributed by atoms with Gasteiger partial charge in [-0.3, -0.25) is 15.6 Å². The molecule has 1 fully saturated rings. The number of hydrogen-bond acceptors (Lipinski definition) is 6. The molecule has 1 saturated heterocycles. The molecule has 1 amide bonds. The van der Waals surface area contributed by atoms with E-state index in [4.69, 9.17) is 11.6 Å². The van der Waals surface area contributed by atoms with Gasteiger partial charge in [-0.25, -0.2) is 13.4 Å². The molecule has 2 aromatic carbocycles. The molecule has 1 aromatic heterocycles. The van der Waals surface area contributed by atoms with Crippen molar-refractivity contribution in [3.63, 3.8) is 0 Å². The highest BCUT2D eigenvalue weighted by molar-refractivity contribution is 7.89. The number of nitrogens with one attached hydrogen (secondary N) is 2. The van der Waals surface area contributed by atoms with Crippen LogP contribution in [0.25, 0.3) is 10.2 Å². The number of carbonyl (C=O) groups excluding carboxylic acids is 1. The number of carbonyl (C=O) groups is 1.